The largest absolute Gasteiger partial charge is 0.465 e. The molecule has 0 saturated carbocycles. The Bertz CT molecular complexity index is 2510. The quantitative estimate of drug-likeness (QED) is 0.0608. The van der Waals surface area contributed by atoms with E-state index in [9.17, 15) is 43.2 Å². The first kappa shape index (κ1) is 45.9. The summed E-state index contributed by atoms with van der Waals surface area (Å²) in [5, 5.41) is 2.03. The molecule has 21 nitrogen and oxygen atoms in total. The lowest BCUT2D eigenvalue weighted by molar-refractivity contribution is -0.156. The highest BCUT2D eigenvalue weighted by molar-refractivity contribution is 5.79. The van der Waals surface area contributed by atoms with Gasteiger partial charge in [0.15, 0.2) is 0 Å². The molecule has 5 rings (SSSR count). The van der Waals surface area contributed by atoms with E-state index >= 15 is 0 Å². The number of hydrogen-bond donors (Lipinski definition) is 4. The Morgan fingerprint density at radius 3 is 1.61 bits per heavy atom. The Labute approximate surface area is 353 Å². The zero-order valence-corrected chi connectivity index (χ0v) is 34.8. The summed E-state index contributed by atoms with van der Waals surface area (Å²) in [6.45, 7) is 4.27. The second-order valence-electron chi connectivity index (χ2n) is 14.9. The van der Waals surface area contributed by atoms with E-state index in [-0.39, 0.29) is 37.1 Å². The van der Waals surface area contributed by atoms with Crippen LogP contribution >= 0.6 is 0 Å². The van der Waals surface area contributed by atoms with Gasteiger partial charge in [0.2, 0.25) is 0 Å². The van der Waals surface area contributed by atoms with Gasteiger partial charge in [-0.15, -0.1) is 0 Å². The van der Waals surface area contributed by atoms with Gasteiger partial charge >= 0.3 is 35.4 Å². The number of aromatic amines is 2. The minimum atomic E-state index is -1.04. The van der Waals surface area contributed by atoms with Gasteiger partial charge in [0.1, 0.15) is 38.4 Å². The molecule has 0 saturated heterocycles. The van der Waals surface area contributed by atoms with Crippen molar-refractivity contribution in [1.82, 2.24) is 40.0 Å². The van der Waals surface area contributed by atoms with Gasteiger partial charge in [-0.05, 0) is 56.9 Å². The van der Waals surface area contributed by atoms with Gasteiger partial charge in [-0.3, -0.25) is 58.7 Å². The van der Waals surface area contributed by atoms with E-state index in [1.807, 2.05) is 48.5 Å². The summed E-state index contributed by atoms with van der Waals surface area (Å²) < 4.78 is 22.8. The predicted octanol–water partition coefficient (Wildman–Crippen LogP) is 0.644. The monoisotopic (exact) mass is 860 g/mol. The SMILES string of the molecule is CCOC(=O)CN(Cc1cc(=O)[nH]c(=O)n1CC(=O)OC(C)(C)C)NC(=O)Cn1c(CN(CC(=O)OCC)NC(=O)OCC2c3ccccc3-c3ccccc32)cc(=O)[nH]c1=O. The van der Waals surface area contributed by atoms with Gasteiger partial charge < -0.3 is 18.9 Å². The second kappa shape index (κ2) is 20.4. The van der Waals surface area contributed by atoms with E-state index in [1.54, 1.807) is 34.6 Å². The number of benzene rings is 2. The summed E-state index contributed by atoms with van der Waals surface area (Å²) in [5.41, 5.74) is 3.99. The molecule has 0 atom stereocenters. The van der Waals surface area contributed by atoms with Gasteiger partial charge in [0, 0.05) is 29.4 Å². The molecule has 0 bridgehead atoms. The molecule has 4 aromatic rings. The molecule has 330 valence electrons. The first-order chi connectivity index (χ1) is 29.4. The number of nitrogens with one attached hydrogen (secondary N) is 4. The molecule has 0 spiro atoms. The maximum Gasteiger partial charge on any atom is 0.421 e. The standard InChI is InChI=1S/C41H48N8O13/c1-6-59-35(53)21-46(18-26-17-33(51)43-39(57)49(26)23-37(55)62-41(3,4)5)44-34(52)20-48-25(16-32(50)42-38(48)56)19-47(22-36(54)60-7-2)45-40(58)61-24-31-29-14-10-8-12-27(29)28-13-9-11-15-30(28)31/h8-17,31H,6-7,18-24H2,1-5H3,(H,44,52)(H,45,58)(H,42,50,56)(H,43,51,57). The molecule has 0 radical (unpaired) electrons. The van der Waals surface area contributed by atoms with Crippen molar-refractivity contribution in [1.29, 1.82) is 0 Å². The number of fused-ring (bicyclic) bond motifs is 3. The minimum Gasteiger partial charge on any atom is -0.465 e. The van der Waals surface area contributed by atoms with Crippen LogP contribution in [0.2, 0.25) is 0 Å². The zero-order chi connectivity index (χ0) is 45.1. The fourth-order valence-corrected chi connectivity index (χ4v) is 6.75. The van der Waals surface area contributed by atoms with Crippen molar-refractivity contribution in [3.05, 3.63) is 125 Å². The van der Waals surface area contributed by atoms with Crippen LogP contribution in [0.25, 0.3) is 11.1 Å². The number of rotatable bonds is 18. The fraction of sp³-hybridized carbons (Fsp3) is 0.390. The molecular formula is C41H48N8O13. The maximum atomic E-state index is 13.7. The summed E-state index contributed by atoms with van der Waals surface area (Å²) in [7, 11) is 0. The Kier molecular flexibility index (Phi) is 15.1. The molecule has 21 heteroatoms. The molecule has 62 heavy (non-hydrogen) atoms. The van der Waals surface area contributed by atoms with Crippen molar-refractivity contribution < 1.29 is 42.9 Å². The van der Waals surface area contributed by atoms with Crippen molar-refractivity contribution in [2.45, 2.75) is 72.3 Å². The fourth-order valence-electron chi connectivity index (χ4n) is 6.75. The van der Waals surface area contributed by atoms with E-state index in [4.69, 9.17) is 18.9 Å². The van der Waals surface area contributed by atoms with Gasteiger partial charge in [-0.25, -0.2) is 24.4 Å². The highest BCUT2D eigenvalue weighted by Crippen LogP contribution is 2.44. The van der Waals surface area contributed by atoms with Crippen LogP contribution in [0.5, 0.6) is 0 Å². The van der Waals surface area contributed by atoms with E-state index in [0.717, 1.165) is 53.5 Å². The van der Waals surface area contributed by atoms with Crippen LogP contribution in [0.3, 0.4) is 0 Å². The lowest BCUT2D eigenvalue weighted by Gasteiger charge is -2.25. The molecule has 0 fully saturated rings. The summed E-state index contributed by atoms with van der Waals surface area (Å²) in [4.78, 5) is 120. The highest BCUT2D eigenvalue weighted by atomic mass is 16.6. The number of nitrogens with zero attached hydrogens (tertiary/aromatic N) is 4. The number of hydrazine groups is 2. The normalized spacial score (nSPS) is 12.0. The van der Waals surface area contributed by atoms with E-state index in [2.05, 4.69) is 20.8 Å². The smallest absolute Gasteiger partial charge is 0.421 e. The lowest BCUT2D eigenvalue weighted by Crippen LogP contribution is -2.49. The van der Waals surface area contributed by atoms with Crippen molar-refractivity contribution >= 4 is 29.9 Å². The van der Waals surface area contributed by atoms with Crippen molar-refractivity contribution in [2.24, 2.45) is 0 Å². The zero-order valence-electron chi connectivity index (χ0n) is 34.8. The molecule has 2 heterocycles. The Morgan fingerprint density at radius 1 is 0.661 bits per heavy atom. The van der Waals surface area contributed by atoms with E-state index in [1.165, 1.54) is 0 Å². The number of esters is 3. The molecule has 2 aromatic heterocycles. The van der Waals surface area contributed by atoms with Crippen LogP contribution in [-0.4, -0.2) is 97.5 Å². The lowest BCUT2D eigenvalue weighted by atomic mass is 9.98. The van der Waals surface area contributed by atoms with Gasteiger partial charge in [-0.2, -0.15) is 0 Å². The number of aromatic nitrogens is 4. The number of H-pyrrole nitrogens is 2. The van der Waals surface area contributed by atoms with Crippen LogP contribution < -0.4 is 33.3 Å². The average molecular weight is 861 g/mol. The minimum absolute atomic E-state index is 0.00427. The molecule has 0 unspecified atom stereocenters. The summed E-state index contributed by atoms with van der Waals surface area (Å²) >= 11 is 0. The predicted molar refractivity (Wildman–Crippen MR) is 219 cm³/mol. The third kappa shape index (κ3) is 12.5. The Hall–Kier alpha value is -7.13. The van der Waals surface area contributed by atoms with Crippen molar-refractivity contribution in [3.63, 3.8) is 0 Å². The second-order valence-corrected chi connectivity index (χ2v) is 14.9. The molecule has 4 N–H and O–H groups in total. The van der Waals surface area contributed by atoms with Crippen molar-refractivity contribution in [3.8, 4) is 11.1 Å². The summed E-state index contributed by atoms with van der Waals surface area (Å²) in [6.07, 6.45) is -0.966. The number of carbonyl (C=O) groups excluding carboxylic acids is 5. The third-order valence-electron chi connectivity index (χ3n) is 9.08. The molecule has 1 aliphatic carbocycles. The van der Waals surface area contributed by atoms with Crippen LogP contribution in [0, 0.1) is 0 Å². The first-order valence-corrected chi connectivity index (χ1v) is 19.5. The van der Waals surface area contributed by atoms with Gasteiger partial charge in [0.05, 0.1) is 26.3 Å². The van der Waals surface area contributed by atoms with Crippen LogP contribution in [0.15, 0.2) is 79.8 Å². The Balaban J connectivity index is 1.36. The molecule has 2 amide bonds. The number of amides is 2. The maximum absolute atomic E-state index is 13.7. The molecule has 2 aromatic carbocycles. The summed E-state index contributed by atoms with van der Waals surface area (Å²) in [5.74, 6) is -3.65. The van der Waals surface area contributed by atoms with E-state index < -0.39 is 97.3 Å². The van der Waals surface area contributed by atoms with Gasteiger partial charge in [-0.1, -0.05) is 48.5 Å². The molecule has 0 aliphatic heterocycles. The highest BCUT2D eigenvalue weighted by Gasteiger charge is 2.30. The molecular weight excluding hydrogens is 812 g/mol. The number of ether oxygens (including phenoxy) is 4. The number of hydrogen-bond acceptors (Lipinski definition) is 15. The van der Waals surface area contributed by atoms with Crippen molar-refractivity contribution in [2.75, 3.05) is 32.9 Å². The number of carbonyl (C=O) groups is 5. The van der Waals surface area contributed by atoms with E-state index in [0.29, 0.717) is 0 Å². The molecule has 1 aliphatic rings. The van der Waals surface area contributed by atoms with Gasteiger partial charge in [0.25, 0.3) is 17.0 Å². The summed E-state index contributed by atoms with van der Waals surface area (Å²) in [6, 6.07) is 17.4. The average Bonchev–Trinajstić information content (AvgIpc) is 3.49. The third-order valence-corrected chi connectivity index (χ3v) is 9.08. The Morgan fingerprint density at radius 2 is 1.13 bits per heavy atom. The topological polar surface area (TPSA) is 263 Å². The first-order valence-electron chi connectivity index (χ1n) is 19.5. The van der Waals surface area contributed by atoms with Crippen LogP contribution in [0.4, 0.5) is 4.79 Å². The van der Waals surface area contributed by atoms with Crippen LogP contribution in [-0.2, 0) is 64.3 Å². The van der Waals surface area contributed by atoms with Crippen LogP contribution in [0.1, 0.15) is 63.1 Å².